The van der Waals surface area contributed by atoms with Gasteiger partial charge in [0.25, 0.3) is 0 Å². The van der Waals surface area contributed by atoms with Crippen LogP contribution in [0.2, 0.25) is 0 Å². The molecule has 0 fully saturated rings. The number of hydrogen-bond acceptors (Lipinski definition) is 5. The molecule has 0 aliphatic rings. The smallest absolute Gasteiger partial charge is 0.232 e. The Morgan fingerprint density at radius 1 is 1.47 bits per heavy atom. The van der Waals surface area contributed by atoms with Crippen LogP contribution in [0.25, 0.3) is 11.0 Å². The van der Waals surface area contributed by atoms with Crippen LogP contribution in [-0.4, -0.2) is 35.8 Å². The topological polar surface area (TPSA) is 67.3 Å². The van der Waals surface area contributed by atoms with Crippen LogP contribution in [0.5, 0.6) is 5.88 Å². The molecule has 90 valence electrons. The average Bonchev–Trinajstić information content (AvgIpc) is 2.40. The fraction of sp³-hybridized carbons (Fsp3) is 0.333. The van der Waals surface area contributed by atoms with E-state index in [2.05, 4.69) is 15.3 Å². The molecule has 0 spiro atoms. The predicted octanol–water partition coefficient (Wildman–Crippen LogP) is 0.891. The minimum absolute atomic E-state index is 0.00844. The van der Waals surface area contributed by atoms with Gasteiger partial charge in [0.2, 0.25) is 5.88 Å². The van der Waals surface area contributed by atoms with Crippen molar-refractivity contribution >= 4 is 11.0 Å². The van der Waals surface area contributed by atoms with Gasteiger partial charge in [-0.3, -0.25) is 0 Å². The third kappa shape index (κ3) is 2.20. The van der Waals surface area contributed by atoms with Gasteiger partial charge in [-0.1, -0.05) is 12.1 Å². The van der Waals surface area contributed by atoms with Gasteiger partial charge < -0.3 is 15.2 Å². The lowest BCUT2D eigenvalue weighted by Crippen LogP contribution is -2.20. The van der Waals surface area contributed by atoms with E-state index >= 15 is 0 Å². The van der Waals surface area contributed by atoms with Crippen molar-refractivity contribution in [2.75, 3.05) is 20.8 Å². The van der Waals surface area contributed by atoms with E-state index in [0.29, 0.717) is 5.88 Å². The third-order valence-corrected chi connectivity index (χ3v) is 2.70. The van der Waals surface area contributed by atoms with Crippen molar-refractivity contribution in [1.82, 2.24) is 15.3 Å². The molecule has 1 aromatic heterocycles. The van der Waals surface area contributed by atoms with Crippen LogP contribution < -0.4 is 10.1 Å². The summed E-state index contributed by atoms with van der Waals surface area (Å²) in [6.07, 6.45) is 1.58. The molecule has 17 heavy (non-hydrogen) atoms. The van der Waals surface area contributed by atoms with E-state index in [1.54, 1.807) is 20.4 Å². The Bertz CT molecular complexity index is 512. The highest BCUT2D eigenvalue weighted by atomic mass is 16.5. The van der Waals surface area contributed by atoms with Gasteiger partial charge >= 0.3 is 0 Å². The van der Waals surface area contributed by atoms with Crippen LogP contribution in [-0.2, 0) is 0 Å². The molecule has 2 rings (SSSR count). The minimum atomic E-state index is -0.153. The van der Waals surface area contributed by atoms with E-state index < -0.39 is 0 Å². The number of aromatic nitrogens is 2. The van der Waals surface area contributed by atoms with E-state index in [1.165, 1.54) is 0 Å². The quantitative estimate of drug-likeness (QED) is 0.821. The number of nitrogens with zero attached hydrogens (tertiary/aromatic N) is 2. The summed E-state index contributed by atoms with van der Waals surface area (Å²) in [6, 6.07) is 5.56. The lowest BCUT2D eigenvalue weighted by Gasteiger charge is -2.15. The Kier molecular flexibility index (Phi) is 3.51. The maximum Gasteiger partial charge on any atom is 0.232 e. The summed E-state index contributed by atoms with van der Waals surface area (Å²) in [5.74, 6) is 0.470. The van der Waals surface area contributed by atoms with Gasteiger partial charge in [0, 0.05) is 0 Å². The number of hydrogen-bond donors (Lipinski definition) is 2. The Hall–Kier alpha value is -1.72. The zero-order chi connectivity index (χ0) is 12.3. The molecule has 0 amide bonds. The van der Waals surface area contributed by atoms with E-state index in [1.807, 2.05) is 18.2 Å². The molecule has 2 aromatic rings. The van der Waals surface area contributed by atoms with Crippen LogP contribution >= 0.6 is 0 Å². The van der Waals surface area contributed by atoms with Gasteiger partial charge in [0.15, 0.2) is 0 Å². The number of ether oxygens (including phenoxy) is 1. The van der Waals surface area contributed by atoms with E-state index in [9.17, 15) is 5.11 Å². The van der Waals surface area contributed by atoms with Crippen LogP contribution in [0.4, 0.5) is 0 Å². The highest BCUT2D eigenvalue weighted by molar-refractivity contribution is 5.78. The van der Waals surface area contributed by atoms with Gasteiger partial charge in [0.1, 0.15) is 0 Å². The van der Waals surface area contributed by atoms with Crippen molar-refractivity contribution < 1.29 is 9.84 Å². The Labute approximate surface area is 99.5 Å². The molecule has 1 aromatic carbocycles. The van der Waals surface area contributed by atoms with E-state index in [4.69, 9.17) is 4.74 Å². The first-order valence-corrected chi connectivity index (χ1v) is 5.38. The monoisotopic (exact) mass is 233 g/mol. The Balaban J connectivity index is 2.61. The maximum atomic E-state index is 9.32. The summed E-state index contributed by atoms with van der Waals surface area (Å²) in [4.78, 5) is 8.64. The van der Waals surface area contributed by atoms with Crippen molar-refractivity contribution in [1.29, 1.82) is 0 Å². The zero-order valence-electron chi connectivity index (χ0n) is 9.84. The second-order valence-electron chi connectivity index (χ2n) is 3.65. The van der Waals surface area contributed by atoms with Crippen molar-refractivity contribution in [3.8, 4) is 5.88 Å². The number of para-hydroxylation sites is 1. The standard InChI is InChI=1S/C12H15N3O2/c1-13-10(7-16)8-4-3-5-9-12(8)15-11(17-2)6-14-9/h3-6,10,13,16H,7H2,1-2H3/t10-/m1/s1. The van der Waals surface area contributed by atoms with Gasteiger partial charge in [-0.25, -0.2) is 9.97 Å². The number of rotatable bonds is 4. The van der Waals surface area contributed by atoms with Gasteiger partial charge in [0.05, 0.1) is 37.0 Å². The normalized spacial score (nSPS) is 12.6. The molecule has 0 aliphatic carbocycles. The number of aliphatic hydroxyl groups excluding tert-OH is 1. The second-order valence-corrected chi connectivity index (χ2v) is 3.65. The van der Waals surface area contributed by atoms with Crippen LogP contribution in [0.3, 0.4) is 0 Å². The molecular weight excluding hydrogens is 218 g/mol. The lowest BCUT2D eigenvalue weighted by molar-refractivity contribution is 0.251. The summed E-state index contributed by atoms with van der Waals surface area (Å²) in [5, 5.41) is 12.4. The van der Waals surface area contributed by atoms with Crippen molar-refractivity contribution in [2.45, 2.75) is 6.04 Å². The fourth-order valence-electron chi connectivity index (χ4n) is 1.76. The van der Waals surface area contributed by atoms with E-state index in [-0.39, 0.29) is 12.6 Å². The second kappa shape index (κ2) is 5.07. The van der Waals surface area contributed by atoms with Crippen molar-refractivity contribution in [2.24, 2.45) is 0 Å². The van der Waals surface area contributed by atoms with Crippen LogP contribution in [0.15, 0.2) is 24.4 Å². The van der Waals surface area contributed by atoms with Crippen molar-refractivity contribution in [3.05, 3.63) is 30.0 Å². The first-order valence-electron chi connectivity index (χ1n) is 5.38. The number of benzene rings is 1. The molecule has 0 unspecified atom stereocenters. The van der Waals surface area contributed by atoms with Crippen LogP contribution in [0, 0.1) is 0 Å². The zero-order valence-corrected chi connectivity index (χ0v) is 9.84. The summed E-state index contributed by atoms with van der Waals surface area (Å²) in [7, 11) is 3.35. The van der Waals surface area contributed by atoms with Crippen LogP contribution in [0.1, 0.15) is 11.6 Å². The molecule has 2 N–H and O–H groups in total. The summed E-state index contributed by atoms with van der Waals surface area (Å²) in [5.41, 5.74) is 2.45. The summed E-state index contributed by atoms with van der Waals surface area (Å²) < 4.78 is 5.07. The number of nitrogens with one attached hydrogen (secondary N) is 1. The van der Waals surface area contributed by atoms with Gasteiger partial charge in [-0.15, -0.1) is 0 Å². The summed E-state index contributed by atoms with van der Waals surface area (Å²) in [6.45, 7) is 0.00844. The van der Waals surface area contributed by atoms with Gasteiger partial charge in [-0.2, -0.15) is 0 Å². The number of likely N-dealkylation sites (N-methyl/N-ethyl adjacent to an activating group) is 1. The maximum absolute atomic E-state index is 9.32. The summed E-state index contributed by atoms with van der Waals surface area (Å²) >= 11 is 0. The Morgan fingerprint density at radius 2 is 2.29 bits per heavy atom. The molecule has 1 atom stereocenters. The third-order valence-electron chi connectivity index (χ3n) is 2.70. The molecule has 5 nitrogen and oxygen atoms in total. The Morgan fingerprint density at radius 3 is 2.94 bits per heavy atom. The number of fused-ring (bicyclic) bond motifs is 1. The number of aliphatic hydroxyl groups is 1. The fourth-order valence-corrected chi connectivity index (χ4v) is 1.76. The van der Waals surface area contributed by atoms with Crippen molar-refractivity contribution in [3.63, 3.8) is 0 Å². The molecule has 0 radical (unpaired) electrons. The van der Waals surface area contributed by atoms with Gasteiger partial charge in [-0.05, 0) is 18.7 Å². The number of methoxy groups -OCH3 is 1. The average molecular weight is 233 g/mol. The molecule has 5 heteroatoms. The molecule has 0 saturated carbocycles. The minimum Gasteiger partial charge on any atom is -0.480 e. The first-order chi connectivity index (χ1) is 8.30. The highest BCUT2D eigenvalue weighted by Gasteiger charge is 2.13. The first kappa shape index (κ1) is 11.8. The molecule has 0 bridgehead atoms. The van der Waals surface area contributed by atoms with E-state index in [0.717, 1.165) is 16.6 Å². The predicted molar refractivity (Wildman–Crippen MR) is 65.0 cm³/mol. The molecular formula is C12H15N3O2. The molecule has 0 aliphatic heterocycles. The molecule has 0 saturated heterocycles. The SMILES string of the molecule is CN[C@H](CO)c1cccc2ncc(OC)nc12. The highest BCUT2D eigenvalue weighted by Crippen LogP contribution is 2.22. The lowest BCUT2D eigenvalue weighted by atomic mass is 10.1. The largest absolute Gasteiger partial charge is 0.480 e. The molecule has 1 heterocycles.